The normalized spacial score (nSPS) is 10.7. The summed E-state index contributed by atoms with van der Waals surface area (Å²) in [5.74, 6) is -0.568. The summed E-state index contributed by atoms with van der Waals surface area (Å²) < 4.78 is 0. The largest absolute Gasteiger partial charge is 0.321 e. The molecule has 0 atom stereocenters. The molecule has 2 aromatic carbocycles. The van der Waals surface area contributed by atoms with Crippen molar-refractivity contribution in [2.45, 2.75) is 6.92 Å². The zero-order chi connectivity index (χ0) is 16.8. The smallest absolute Gasteiger partial charge is 0.266 e. The summed E-state index contributed by atoms with van der Waals surface area (Å²) in [6.45, 7) is 1.47. The van der Waals surface area contributed by atoms with Gasteiger partial charge in [0.1, 0.15) is 11.6 Å². The zero-order valence-corrected chi connectivity index (χ0v) is 13.1. The van der Waals surface area contributed by atoms with Gasteiger partial charge in [-0.05, 0) is 55.0 Å². The number of carbonyl (C=O) groups excluding carboxylic acids is 2. The predicted molar refractivity (Wildman–Crippen MR) is 90.1 cm³/mol. The molecule has 0 aromatic heterocycles. The second kappa shape index (κ2) is 7.39. The van der Waals surface area contributed by atoms with E-state index >= 15 is 0 Å². The Labute approximate surface area is 139 Å². The second-order valence-electron chi connectivity index (χ2n) is 4.81. The number of anilines is 1. The van der Waals surface area contributed by atoms with Crippen molar-refractivity contribution >= 4 is 35.1 Å². The van der Waals surface area contributed by atoms with Gasteiger partial charge in [0.2, 0.25) is 0 Å². The van der Waals surface area contributed by atoms with E-state index in [9.17, 15) is 9.59 Å². The summed E-state index contributed by atoms with van der Waals surface area (Å²) in [6, 6.07) is 15.1. The molecule has 0 saturated carbocycles. The number of ketones is 1. The van der Waals surface area contributed by atoms with Crippen LogP contribution in [0.5, 0.6) is 0 Å². The highest BCUT2D eigenvalue weighted by Crippen LogP contribution is 2.15. The monoisotopic (exact) mass is 324 g/mol. The summed E-state index contributed by atoms with van der Waals surface area (Å²) in [5.41, 5.74) is 1.74. The van der Waals surface area contributed by atoms with Crippen LogP contribution in [0, 0.1) is 11.3 Å². The van der Waals surface area contributed by atoms with Gasteiger partial charge < -0.3 is 5.32 Å². The van der Waals surface area contributed by atoms with Gasteiger partial charge in [-0.2, -0.15) is 5.26 Å². The lowest BCUT2D eigenvalue weighted by Gasteiger charge is -2.05. The molecule has 1 amide bonds. The molecular formula is C18H13ClN2O2. The SMILES string of the molecule is CC(=O)c1ccc(NC(=O)/C(C#N)=C/c2ccc(Cl)cc2)cc1. The third-order valence-electron chi connectivity index (χ3n) is 3.10. The van der Waals surface area contributed by atoms with Crippen LogP contribution in [0.25, 0.3) is 6.08 Å². The Bertz CT molecular complexity index is 800. The van der Waals surface area contributed by atoms with Crippen LogP contribution in [-0.2, 0) is 4.79 Å². The predicted octanol–water partition coefficient (Wildman–Crippen LogP) is 4.09. The molecule has 0 heterocycles. The molecule has 0 saturated heterocycles. The lowest BCUT2D eigenvalue weighted by atomic mass is 10.1. The molecule has 114 valence electrons. The van der Waals surface area contributed by atoms with Gasteiger partial charge in [0.05, 0.1) is 0 Å². The Kier molecular flexibility index (Phi) is 5.29. The number of benzene rings is 2. The molecule has 0 radical (unpaired) electrons. The van der Waals surface area contributed by atoms with Crippen LogP contribution in [0.4, 0.5) is 5.69 Å². The molecule has 2 aromatic rings. The molecule has 0 spiro atoms. The summed E-state index contributed by atoms with van der Waals surface area (Å²) in [4.78, 5) is 23.4. The van der Waals surface area contributed by atoms with Gasteiger partial charge >= 0.3 is 0 Å². The molecule has 0 unspecified atom stereocenters. The maximum atomic E-state index is 12.1. The van der Waals surface area contributed by atoms with Crippen LogP contribution in [0.2, 0.25) is 5.02 Å². The Morgan fingerprint density at radius 1 is 1.09 bits per heavy atom. The van der Waals surface area contributed by atoms with Crippen LogP contribution < -0.4 is 5.32 Å². The average Bonchev–Trinajstić information content (AvgIpc) is 2.54. The summed E-state index contributed by atoms with van der Waals surface area (Å²) in [5, 5.41) is 12.4. The number of hydrogen-bond acceptors (Lipinski definition) is 3. The fraction of sp³-hybridized carbons (Fsp3) is 0.0556. The molecule has 0 fully saturated rings. The molecule has 23 heavy (non-hydrogen) atoms. The van der Waals surface area contributed by atoms with Crippen molar-refractivity contribution in [1.29, 1.82) is 5.26 Å². The minimum atomic E-state index is -0.516. The fourth-order valence-electron chi connectivity index (χ4n) is 1.86. The Morgan fingerprint density at radius 3 is 2.22 bits per heavy atom. The van der Waals surface area contributed by atoms with Crippen LogP contribution >= 0.6 is 11.6 Å². The number of nitriles is 1. The first-order valence-corrected chi connectivity index (χ1v) is 7.17. The number of halogens is 1. The van der Waals surface area contributed by atoms with E-state index in [-0.39, 0.29) is 11.4 Å². The second-order valence-corrected chi connectivity index (χ2v) is 5.25. The summed E-state index contributed by atoms with van der Waals surface area (Å²) in [6.07, 6.45) is 1.48. The molecule has 1 N–H and O–H groups in total. The third-order valence-corrected chi connectivity index (χ3v) is 3.35. The molecule has 2 rings (SSSR count). The van der Waals surface area contributed by atoms with Crippen LogP contribution in [0.1, 0.15) is 22.8 Å². The Balaban J connectivity index is 2.15. The van der Waals surface area contributed by atoms with Crippen molar-refractivity contribution < 1.29 is 9.59 Å². The van der Waals surface area contributed by atoms with E-state index in [4.69, 9.17) is 16.9 Å². The number of carbonyl (C=O) groups is 2. The minimum absolute atomic E-state index is 0.0250. The molecule has 0 aliphatic heterocycles. The molecule has 0 aliphatic rings. The molecule has 5 heteroatoms. The van der Waals surface area contributed by atoms with E-state index in [1.54, 1.807) is 48.5 Å². The highest BCUT2D eigenvalue weighted by atomic mass is 35.5. The first-order chi connectivity index (χ1) is 11.0. The topological polar surface area (TPSA) is 70.0 Å². The van der Waals surface area contributed by atoms with E-state index in [1.165, 1.54) is 13.0 Å². The van der Waals surface area contributed by atoms with E-state index in [0.717, 1.165) is 0 Å². The van der Waals surface area contributed by atoms with Crippen molar-refractivity contribution in [2.75, 3.05) is 5.32 Å². The number of nitrogens with one attached hydrogen (secondary N) is 1. The van der Waals surface area contributed by atoms with E-state index < -0.39 is 5.91 Å². The molecule has 0 aliphatic carbocycles. The molecule has 4 nitrogen and oxygen atoms in total. The first-order valence-electron chi connectivity index (χ1n) is 6.79. The minimum Gasteiger partial charge on any atom is -0.321 e. The lowest BCUT2D eigenvalue weighted by molar-refractivity contribution is -0.112. The quantitative estimate of drug-likeness (QED) is 0.523. The molecular weight excluding hydrogens is 312 g/mol. The summed E-state index contributed by atoms with van der Waals surface area (Å²) in [7, 11) is 0. The van der Waals surface area contributed by atoms with E-state index in [1.807, 2.05) is 6.07 Å². The van der Waals surface area contributed by atoms with Gasteiger partial charge in [-0.25, -0.2) is 0 Å². The van der Waals surface area contributed by atoms with Gasteiger partial charge in [0.25, 0.3) is 5.91 Å². The average molecular weight is 325 g/mol. The van der Waals surface area contributed by atoms with E-state index in [0.29, 0.717) is 21.8 Å². The fourth-order valence-corrected chi connectivity index (χ4v) is 1.99. The van der Waals surface area contributed by atoms with Crippen molar-refractivity contribution in [3.63, 3.8) is 0 Å². The Morgan fingerprint density at radius 2 is 1.70 bits per heavy atom. The van der Waals surface area contributed by atoms with Gasteiger partial charge in [-0.1, -0.05) is 23.7 Å². The van der Waals surface area contributed by atoms with Gasteiger partial charge in [0.15, 0.2) is 5.78 Å². The number of nitrogens with zero attached hydrogens (tertiary/aromatic N) is 1. The van der Waals surface area contributed by atoms with Crippen molar-refractivity contribution in [1.82, 2.24) is 0 Å². The van der Waals surface area contributed by atoms with Gasteiger partial charge in [-0.15, -0.1) is 0 Å². The standard InChI is InChI=1S/C18H13ClN2O2/c1-12(22)14-4-8-17(9-5-14)21-18(23)15(11-20)10-13-2-6-16(19)7-3-13/h2-10H,1H3,(H,21,23)/b15-10+. The zero-order valence-electron chi connectivity index (χ0n) is 12.3. The maximum absolute atomic E-state index is 12.1. The number of hydrogen-bond donors (Lipinski definition) is 1. The highest BCUT2D eigenvalue weighted by Gasteiger charge is 2.10. The van der Waals surface area contributed by atoms with Gasteiger partial charge in [0, 0.05) is 16.3 Å². The van der Waals surface area contributed by atoms with Crippen molar-refractivity contribution in [3.8, 4) is 6.07 Å². The number of rotatable bonds is 4. The van der Waals surface area contributed by atoms with Gasteiger partial charge in [-0.3, -0.25) is 9.59 Å². The molecule has 0 bridgehead atoms. The van der Waals surface area contributed by atoms with Crippen molar-refractivity contribution in [2.24, 2.45) is 0 Å². The van der Waals surface area contributed by atoms with Crippen LogP contribution in [0.3, 0.4) is 0 Å². The number of Topliss-reactive ketones (excluding diaryl/α,β-unsaturated/α-hetero) is 1. The Hall–Kier alpha value is -2.90. The highest BCUT2D eigenvalue weighted by molar-refractivity contribution is 6.30. The maximum Gasteiger partial charge on any atom is 0.266 e. The number of amides is 1. The first kappa shape index (κ1) is 16.5. The van der Waals surface area contributed by atoms with Crippen LogP contribution in [-0.4, -0.2) is 11.7 Å². The van der Waals surface area contributed by atoms with Crippen LogP contribution in [0.15, 0.2) is 54.1 Å². The van der Waals surface area contributed by atoms with Crippen molar-refractivity contribution in [3.05, 3.63) is 70.3 Å². The van der Waals surface area contributed by atoms with E-state index in [2.05, 4.69) is 5.32 Å². The third kappa shape index (κ3) is 4.53. The lowest BCUT2D eigenvalue weighted by Crippen LogP contribution is -2.13. The summed E-state index contributed by atoms with van der Waals surface area (Å²) >= 11 is 5.80.